The molecule has 0 heterocycles. The van der Waals surface area contributed by atoms with Gasteiger partial charge in [0, 0.05) is 12.6 Å². The first-order valence-electron chi connectivity index (χ1n) is 9.18. The van der Waals surface area contributed by atoms with Crippen LogP contribution in [0.1, 0.15) is 45.1 Å². The lowest BCUT2D eigenvalue weighted by Gasteiger charge is -2.27. The lowest BCUT2D eigenvalue weighted by molar-refractivity contribution is 0.120. The maximum absolute atomic E-state index is 9.63. The van der Waals surface area contributed by atoms with E-state index in [9.17, 15) is 5.11 Å². The van der Waals surface area contributed by atoms with Crippen molar-refractivity contribution in [1.29, 1.82) is 0 Å². The van der Waals surface area contributed by atoms with Gasteiger partial charge in [-0.15, -0.1) is 0 Å². The summed E-state index contributed by atoms with van der Waals surface area (Å²) in [5, 5.41) is 16.4. The van der Waals surface area contributed by atoms with Gasteiger partial charge in [0.25, 0.3) is 0 Å². The minimum atomic E-state index is -0.145. The second kappa shape index (κ2) is 10.1. The molecule has 1 aliphatic carbocycles. The molecule has 1 aromatic rings. The highest BCUT2D eigenvalue weighted by molar-refractivity contribution is 5.80. The number of aliphatic hydroxyl groups is 1. The first kappa shape index (κ1) is 19.4. The molecule has 0 saturated heterocycles. The number of aliphatic imine (C=N–C) groups is 1. The van der Waals surface area contributed by atoms with Gasteiger partial charge < -0.3 is 25.2 Å². The molecule has 6 nitrogen and oxygen atoms in total. The largest absolute Gasteiger partial charge is 0.493 e. The van der Waals surface area contributed by atoms with Crippen molar-refractivity contribution in [2.45, 2.75) is 58.2 Å². The Balaban J connectivity index is 2.01. The zero-order valence-electron chi connectivity index (χ0n) is 15.5. The summed E-state index contributed by atoms with van der Waals surface area (Å²) >= 11 is 0. The van der Waals surface area contributed by atoms with Crippen molar-refractivity contribution in [3.05, 3.63) is 23.8 Å². The number of nitrogens with one attached hydrogen (secondary N) is 2. The number of hydrogen-bond donors (Lipinski definition) is 3. The van der Waals surface area contributed by atoms with E-state index in [0.717, 1.165) is 55.3 Å². The monoisotopic (exact) mass is 349 g/mol. The molecule has 1 aliphatic rings. The van der Waals surface area contributed by atoms with Crippen LogP contribution in [0.5, 0.6) is 11.5 Å². The maximum atomic E-state index is 9.63. The molecular weight excluding hydrogens is 318 g/mol. The van der Waals surface area contributed by atoms with Gasteiger partial charge in [-0.05, 0) is 57.2 Å². The first-order valence-corrected chi connectivity index (χ1v) is 9.18. The van der Waals surface area contributed by atoms with Crippen LogP contribution in [-0.4, -0.2) is 43.5 Å². The molecule has 0 bridgehead atoms. The molecule has 1 fully saturated rings. The summed E-state index contributed by atoms with van der Waals surface area (Å²) in [5.74, 6) is 2.30. The number of hydrogen-bond acceptors (Lipinski definition) is 4. The second-order valence-electron chi connectivity index (χ2n) is 6.26. The van der Waals surface area contributed by atoms with Crippen molar-refractivity contribution in [2.24, 2.45) is 4.99 Å². The molecule has 140 valence electrons. The van der Waals surface area contributed by atoms with Crippen molar-refractivity contribution in [3.63, 3.8) is 0 Å². The highest BCUT2D eigenvalue weighted by atomic mass is 16.5. The summed E-state index contributed by atoms with van der Waals surface area (Å²) in [7, 11) is 1.64. The number of guanidine groups is 1. The van der Waals surface area contributed by atoms with E-state index in [1.807, 2.05) is 25.1 Å². The van der Waals surface area contributed by atoms with Crippen molar-refractivity contribution >= 4 is 5.96 Å². The lowest BCUT2D eigenvalue weighted by atomic mass is 9.93. The van der Waals surface area contributed by atoms with E-state index in [4.69, 9.17) is 9.47 Å². The van der Waals surface area contributed by atoms with E-state index in [2.05, 4.69) is 22.5 Å². The molecule has 3 N–H and O–H groups in total. The number of benzene rings is 1. The van der Waals surface area contributed by atoms with Gasteiger partial charge in [0.2, 0.25) is 0 Å². The lowest BCUT2D eigenvalue weighted by Crippen LogP contribution is -2.45. The van der Waals surface area contributed by atoms with E-state index in [1.54, 1.807) is 7.11 Å². The zero-order chi connectivity index (χ0) is 18.1. The van der Waals surface area contributed by atoms with Crippen LogP contribution < -0.4 is 20.1 Å². The van der Waals surface area contributed by atoms with Crippen LogP contribution >= 0.6 is 0 Å². The van der Waals surface area contributed by atoms with Crippen LogP contribution in [0.2, 0.25) is 0 Å². The third kappa shape index (κ3) is 6.12. The molecule has 1 saturated carbocycles. The Bertz CT molecular complexity index is 555. The number of ether oxygens (including phenoxy) is 2. The van der Waals surface area contributed by atoms with E-state index < -0.39 is 0 Å². The van der Waals surface area contributed by atoms with Gasteiger partial charge in [-0.25, -0.2) is 4.99 Å². The quantitative estimate of drug-likeness (QED) is 0.521. The molecule has 25 heavy (non-hydrogen) atoms. The van der Waals surface area contributed by atoms with Gasteiger partial charge in [0.1, 0.15) is 0 Å². The smallest absolute Gasteiger partial charge is 0.191 e. The van der Waals surface area contributed by atoms with Gasteiger partial charge >= 0.3 is 0 Å². The minimum absolute atomic E-state index is 0.145. The highest BCUT2D eigenvalue weighted by Gasteiger charge is 2.19. The Morgan fingerprint density at radius 2 is 1.96 bits per heavy atom. The first-order chi connectivity index (χ1) is 12.2. The van der Waals surface area contributed by atoms with Crippen LogP contribution in [0.4, 0.5) is 0 Å². The van der Waals surface area contributed by atoms with Gasteiger partial charge in [0.05, 0.1) is 26.4 Å². The van der Waals surface area contributed by atoms with Gasteiger partial charge in [-0.3, -0.25) is 0 Å². The molecule has 0 atom stereocenters. The maximum Gasteiger partial charge on any atom is 0.191 e. The molecule has 0 aromatic heterocycles. The zero-order valence-corrected chi connectivity index (χ0v) is 15.5. The van der Waals surface area contributed by atoms with Crippen molar-refractivity contribution in [2.75, 3.05) is 20.3 Å². The molecule has 2 rings (SSSR count). The summed E-state index contributed by atoms with van der Waals surface area (Å²) in [6.45, 7) is 5.99. The van der Waals surface area contributed by atoms with Crippen LogP contribution in [0.3, 0.4) is 0 Å². The van der Waals surface area contributed by atoms with Gasteiger partial charge in [-0.1, -0.05) is 6.07 Å². The summed E-state index contributed by atoms with van der Waals surface area (Å²) in [6.07, 6.45) is 3.51. The SMILES string of the molecule is CCNC(=NCc1ccc(OC)c(OCC)c1)NC1CCC(O)CC1. The average Bonchev–Trinajstić information content (AvgIpc) is 2.62. The molecule has 1 aromatic carbocycles. The summed E-state index contributed by atoms with van der Waals surface area (Å²) < 4.78 is 10.9. The summed E-state index contributed by atoms with van der Waals surface area (Å²) in [4.78, 5) is 4.69. The summed E-state index contributed by atoms with van der Waals surface area (Å²) in [5.41, 5.74) is 1.07. The van der Waals surface area contributed by atoms with Crippen molar-refractivity contribution in [3.8, 4) is 11.5 Å². The molecular formula is C19H31N3O3. The van der Waals surface area contributed by atoms with E-state index in [-0.39, 0.29) is 6.10 Å². The van der Waals surface area contributed by atoms with Crippen molar-refractivity contribution in [1.82, 2.24) is 10.6 Å². The number of aliphatic hydroxyl groups excluding tert-OH is 1. The normalized spacial score (nSPS) is 20.9. The highest BCUT2D eigenvalue weighted by Crippen LogP contribution is 2.28. The van der Waals surface area contributed by atoms with E-state index in [0.29, 0.717) is 19.2 Å². The Kier molecular flexibility index (Phi) is 7.85. The fourth-order valence-corrected chi connectivity index (χ4v) is 2.99. The molecule has 6 heteroatoms. The minimum Gasteiger partial charge on any atom is -0.493 e. The van der Waals surface area contributed by atoms with Crippen LogP contribution in [0.15, 0.2) is 23.2 Å². The Morgan fingerprint density at radius 3 is 2.60 bits per heavy atom. The average molecular weight is 349 g/mol. The van der Waals surface area contributed by atoms with Gasteiger partial charge in [-0.2, -0.15) is 0 Å². The number of rotatable bonds is 7. The predicted molar refractivity (Wildman–Crippen MR) is 100 cm³/mol. The topological polar surface area (TPSA) is 75.1 Å². The third-order valence-electron chi connectivity index (χ3n) is 4.33. The Hall–Kier alpha value is -1.95. The van der Waals surface area contributed by atoms with Crippen molar-refractivity contribution < 1.29 is 14.6 Å². The molecule has 0 radical (unpaired) electrons. The van der Waals surface area contributed by atoms with Crippen LogP contribution in [-0.2, 0) is 6.54 Å². The molecule has 0 aliphatic heterocycles. The van der Waals surface area contributed by atoms with E-state index in [1.165, 1.54) is 0 Å². The van der Waals surface area contributed by atoms with Crippen LogP contribution in [0, 0.1) is 0 Å². The van der Waals surface area contributed by atoms with Crippen LogP contribution in [0.25, 0.3) is 0 Å². The molecule has 0 unspecified atom stereocenters. The molecule has 0 spiro atoms. The third-order valence-corrected chi connectivity index (χ3v) is 4.33. The van der Waals surface area contributed by atoms with Gasteiger partial charge in [0.15, 0.2) is 17.5 Å². The standard InChI is InChI=1S/C19H31N3O3/c1-4-20-19(22-15-7-9-16(23)10-8-15)21-13-14-6-11-17(24-3)18(12-14)25-5-2/h6,11-12,15-16,23H,4-5,7-10,13H2,1-3H3,(H2,20,21,22). The fraction of sp³-hybridized carbons (Fsp3) is 0.632. The predicted octanol–water partition coefficient (Wildman–Crippen LogP) is 2.45. The second-order valence-corrected chi connectivity index (χ2v) is 6.26. The molecule has 0 amide bonds. The number of nitrogens with zero attached hydrogens (tertiary/aromatic N) is 1. The number of methoxy groups -OCH3 is 1. The Morgan fingerprint density at radius 1 is 1.20 bits per heavy atom. The Labute approximate surface area is 150 Å². The fourth-order valence-electron chi connectivity index (χ4n) is 2.99. The summed E-state index contributed by atoms with van der Waals surface area (Å²) in [6, 6.07) is 6.27. The van der Waals surface area contributed by atoms with E-state index >= 15 is 0 Å².